The number of hydrogen-bond acceptors (Lipinski definition) is 2. The third kappa shape index (κ3) is 2.97. The Morgan fingerprint density at radius 3 is 2.35 bits per heavy atom. The Morgan fingerprint density at radius 2 is 1.70 bits per heavy atom. The minimum atomic E-state index is -4.40. The number of hydrogen-bond donors (Lipinski definition) is 1. The van der Waals surface area contributed by atoms with Crippen molar-refractivity contribution in [1.29, 1.82) is 5.41 Å². The first-order valence-electron chi connectivity index (χ1n) is 7.00. The summed E-state index contributed by atoms with van der Waals surface area (Å²) in [4.78, 5) is 13.7. The van der Waals surface area contributed by atoms with Crippen molar-refractivity contribution in [2.75, 3.05) is 4.90 Å². The van der Waals surface area contributed by atoms with Crippen molar-refractivity contribution >= 4 is 17.3 Å². The quantitative estimate of drug-likeness (QED) is 0.930. The molecule has 0 saturated carbocycles. The van der Waals surface area contributed by atoms with Crippen molar-refractivity contribution in [1.82, 2.24) is 0 Å². The van der Waals surface area contributed by atoms with Crippen LogP contribution >= 0.6 is 0 Å². The number of anilines is 1. The molecule has 118 valence electrons. The van der Waals surface area contributed by atoms with Crippen LogP contribution < -0.4 is 4.90 Å². The lowest BCUT2D eigenvalue weighted by atomic mass is 10.0. The van der Waals surface area contributed by atoms with E-state index in [2.05, 4.69) is 0 Å². The molecule has 0 fully saturated rings. The van der Waals surface area contributed by atoms with Crippen LogP contribution in [0.3, 0.4) is 0 Å². The number of rotatable bonds is 3. The smallest absolute Gasteiger partial charge is 0.318 e. The number of carbonyl (C=O) groups excluding carboxylic acids is 1. The number of amidine groups is 1. The van der Waals surface area contributed by atoms with Crippen LogP contribution in [0, 0.1) is 5.41 Å². The Kier molecular flexibility index (Phi) is 3.67. The van der Waals surface area contributed by atoms with Gasteiger partial charge in [0.25, 0.3) is 0 Å². The van der Waals surface area contributed by atoms with Crippen LogP contribution in [-0.4, -0.2) is 17.8 Å². The van der Waals surface area contributed by atoms with Gasteiger partial charge in [-0.2, -0.15) is 13.2 Å². The molecule has 3 nitrogen and oxygen atoms in total. The molecule has 0 bridgehead atoms. The lowest BCUT2D eigenvalue weighted by Gasteiger charge is -2.19. The summed E-state index contributed by atoms with van der Waals surface area (Å²) in [5.74, 6) is -0.950. The summed E-state index contributed by atoms with van der Waals surface area (Å²) in [6.45, 7) is 0.272. The SMILES string of the molecule is N=C1C(=O)c2c(CC(F)(F)F)cccc2N1Cc1ccccc1. The van der Waals surface area contributed by atoms with Crippen molar-refractivity contribution in [3.05, 3.63) is 65.2 Å². The summed E-state index contributed by atoms with van der Waals surface area (Å²) in [5.41, 5.74) is 1.15. The van der Waals surface area contributed by atoms with Gasteiger partial charge >= 0.3 is 6.18 Å². The first kappa shape index (κ1) is 15.3. The molecule has 2 aromatic carbocycles. The predicted molar refractivity (Wildman–Crippen MR) is 80.9 cm³/mol. The molecule has 0 saturated heterocycles. The van der Waals surface area contributed by atoms with Crippen LogP contribution in [-0.2, 0) is 13.0 Å². The molecule has 0 unspecified atom stereocenters. The molecule has 1 heterocycles. The van der Waals surface area contributed by atoms with Gasteiger partial charge in [-0.05, 0) is 17.2 Å². The number of nitrogens with zero attached hydrogens (tertiary/aromatic N) is 1. The third-order valence-electron chi connectivity index (χ3n) is 3.71. The summed E-state index contributed by atoms with van der Waals surface area (Å²) in [7, 11) is 0. The minimum absolute atomic E-state index is 0.00856. The Hall–Kier alpha value is -2.63. The Labute approximate surface area is 130 Å². The topological polar surface area (TPSA) is 44.2 Å². The van der Waals surface area contributed by atoms with E-state index in [0.717, 1.165) is 5.56 Å². The Balaban J connectivity index is 2.00. The lowest BCUT2D eigenvalue weighted by molar-refractivity contribution is -0.127. The van der Waals surface area contributed by atoms with Gasteiger partial charge in [-0.15, -0.1) is 0 Å². The average Bonchev–Trinajstić information content (AvgIpc) is 2.73. The van der Waals surface area contributed by atoms with Crippen LogP contribution in [0.5, 0.6) is 0 Å². The fourth-order valence-electron chi connectivity index (χ4n) is 2.73. The second-order valence-corrected chi connectivity index (χ2v) is 5.35. The van der Waals surface area contributed by atoms with E-state index in [1.165, 1.54) is 17.0 Å². The summed E-state index contributed by atoms with van der Waals surface area (Å²) in [6.07, 6.45) is -5.57. The number of ketones is 1. The van der Waals surface area contributed by atoms with Crippen molar-refractivity contribution in [3.8, 4) is 0 Å². The zero-order chi connectivity index (χ0) is 16.6. The molecule has 2 aromatic rings. The van der Waals surface area contributed by atoms with Gasteiger partial charge in [-0.3, -0.25) is 10.2 Å². The minimum Gasteiger partial charge on any atom is -0.318 e. The molecule has 0 spiro atoms. The van der Waals surface area contributed by atoms with E-state index in [0.29, 0.717) is 5.69 Å². The maximum atomic E-state index is 12.7. The van der Waals surface area contributed by atoms with Crippen molar-refractivity contribution in [3.63, 3.8) is 0 Å². The van der Waals surface area contributed by atoms with E-state index in [9.17, 15) is 18.0 Å². The van der Waals surface area contributed by atoms with Crippen molar-refractivity contribution in [2.24, 2.45) is 0 Å². The molecule has 6 heteroatoms. The number of benzene rings is 2. The highest BCUT2D eigenvalue weighted by Crippen LogP contribution is 2.35. The van der Waals surface area contributed by atoms with Gasteiger partial charge in [0.2, 0.25) is 5.78 Å². The number of halogens is 3. The number of Topliss-reactive ketones (excluding diaryl/α,β-unsaturated/α-hetero) is 1. The first-order valence-corrected chi connectivity index (χ1v) is 7.00. The summed E-state index contributed by atoms with van der Waals surface area (Å²) in [5, 5.41) is 7.97. The van der Waals surface area contributed by atoms with E-state index >= 15 is 0 Å². The van der Waals surface area contributed by atoms with E-state index < -0.39 is 18.4 Å². The molecule has 23 heavy (non-hydrogen) atoms. The Morgan fingerprint density at radius 1 is 1.00 bits per heavy atom. The summed E-state index contributed by atoms with van der Waals surface area (Å²) < 4.78 is 38.1. The van der Waals surface area contributed by atoms with E-state index in [4.69, 9.17) is 5.41 Å². The summed E-state index contributed by atoms with van der Waals surface area (Å²) >= 11 is 0. The molecule has 1 N–H and O–H groups in total. The number of carbonyl (C=O) groups is 1. The van der Waals surface area contributed by atoms with Gasteiger partial charge in [0.05, 0.1) is 17.7 Å². The normalized spacial score (nSPS) is 14.3. The standard InChI is InChI=1S/C17H13F3N2O/c18-17(19,20)9-12-7-4-8-13-14(12)15(23)16(21)22(13)10-11-5-2-1-3-6-11/h1-8,21H,9-10H2. The molecule has 0 aliphatic carbocycles. The largest absolute Gasteiger partial charge is 0.393 e. The van der Waals surface area contributed by atoms with Gasteiger partial charge in [0.15, 0.2) is 5.84 Å². The van der Waals surface area contributed by atoms with Crippen molar-refractivity contribution in [2.45, 2.75) is 19.1 Å². The monoisotopic (exact) mass is 318 g/mol. The highest BCUT2D eigenvalue weighted by atomic mass is 19.4. The predicted octanol–water partition coefficient (Wildman–Crippen LogP) is 3.97. The zero-order valence-electron chi connectivity index (χ0n) is 12.0. The Bertz CT molecular complexity index is 769. The molecular formula is C17H13F3N2O. The highest BCUT2D eigenvalue weighted by Gasteiger charge is 2.37. The lowest BCUT2D eigenvalue weighted by Crippen LogP contribution is -2.28. The highest BCUT2D eigenvalue weighted by molar-refractivity contribution is 6.53. The molecule has 1 aliphatic heterocycles. The summed E-state index contributed by atoms with van der Waals surface area (Å²) in [6, 6.07) is 13.6. The fraction of sp³-hybridized carbons (Fsp3) is 0.176. The van der Waals surface area contributed by atoms with Crippen LogP contribution in [0.15, 0.2) is 48.5 Å². The second-order valence-electron chi connectivity index (χ2n) is 5.35. The fourth-order valence-corrected chi connectivity index (χ4v) is 2.73. The first-order chi connectivity index (χ1) is 10.9. The maximum Gasteiger partial charge on any atom is 0.393 e. The van der Waals surface area contributed by atoms with Gasteiger partial charge in [0, 0.05) is 6.54 Å². The average molecular weight is 318 g/mol. The van der Waals surface area contributed by atoms with Crippen LogP contribution in [0.2, 0.25) is 0 Å². The van der Waals surface area contributed by atoms with Gasteiger partial charge < -0.3 is 4.90 Å². The number of fused-ring (bicyclic) bond motifs is 1. The van der Waals surface area contributed by atoms with Gasteiger partial charge in [-0.1, -0.05) is 42.5 Å². The van der Waals surface area contributed by atoms with Gasteiger partial charge in [0.1, 0.15) is 0 Å². The van der Waals surface area contributed by atoms with E-state index in [-0.39, 0.29) is 23.5 Å². The molecule has 0 amide bonds. The van der Waals surface area contributed by atoms with Crippen molar-refractivity contribution < 1.29 is 18.0 Å². The van der Waals surface area contributed by atoms with E-state index in [1.54, 1.807) is 6.07 Å². The number of alkyl halides is 3. The maximum absolute atomic E-state index is 12.7. The zero-order valence-corrected chi connectivity index (χ0v) is 12.0. The van der Waals surface area contributed by atoms with E-state index in [1.807, 2.05) is 30.3 Å². The molecule has 0 radical (unpaired) electrons. The third-order valence-corrected chi connectivity index (χ3v) is 3.71. The van der Waals surface area contributed by atoms with Crippen LogP contribution in [0.25, 0.3) is 0 Å². The molecule has 0 atom stereocenters. The van der Waals surface area contributed by atoms with Gasteiger partial charge in [-0.25, -0.2) is 0 Å². The number of nitrogens with one attached hydrogen (secondary N) is 1. The molecular weight excluding hydrogens is 305 g/mol. The second kappa shape index (κ2) is 5.53. The van der Waals surface area contributed by atoms with Crippen LogP contribution in [0.1, 0.15) is 21.5 Å². The molecule has 0 aromatic heterocycles. The van der Waals surface area contributed by atoms with Crippen LogP contribution in [0.4, 0.5) is 18.9 Å². The molecule has 1 aliphatic rings. The molecule has 3 rings (SSSR count).